The van der Waals surface area contributed by atoms with Crippen LogP contribution in [-0.4, -0.2) is 28.9 Å². The molecule has 5 heteroatoms. The average Bonchev–Trinajstić information content (AvgIpc) is 2.26. The first-order chi connectivity index (χ1) is 7.11. The number of nitrogens with two attached hydrogens (primary N) is 1. The van der Waals surface area contributed by atoms with Crippen LogP contribution in [-0.2, 0) is 4.79 Å². The highest BCUT2D eigenvalue weighted by atomic mass is 32.2. The molecule has 15 heavy (non-hydrogen) atoms. The van der Waals surface area contributed by atoms with Crippen LogP contribution >= 0.6 is 24.0 Å². The number of hydrogen-bond acceptors (Lipinski definition) is 3. The van der Waals surface area contributed by atoms with Crippen molar-refractivity contribution in [3.05, 3.63) is 0 Å². The summed E-state index contributed by atoms with van der Waals surface area (Å²) in [6.45, 7) is 2.51. The second-order valence-corrected chi connectivity index (χ2v) is 5.62. The van der Waals surface area contributed by atoms with Crippen molar-refractivity contribution in [3.63, 3.8) is 0 Å². The first kappa shape index (κ1) is 12.8. The molecular formula is C10H18N2OS2. The third-order valence-corrected chi connectivity index (χ3v) is 4.13. The summed E-state index contributed by atoms with van der Waals surface area (Å²) < 4.78 is 0. The number of amides is 1. The monoisotopic (exact) mass is 246 g/mol. The molecule has 0 aromatic heterocycles. The minimum absolute atomic E-state index is 0.0410. The van der Waals surface area contributed by atoms with Gasteiger partial charge in [0.1, 0.15) is 0 Å². The molecule has 1 heterocycles. The normalized spacial score (nSPS) is 19.5. The molecule has 0 saturated carbocycles. The van der Waals surface area contributed by atoms with Gasteiger partial charge in [0, 0.05) is 6.54 Å². The van der Waals surface area contributed by atoms with Gasteiger partial charge in [-0.15, -0.1) is 0 Å². The van der Waals surface area contributed by atoms with Crippen molar-refractivity contribution in [1.82, 2.24) is 5.32 Å². The predicted octanol–water partition coefficient (Wildman–Crippen LogP) is 1.17. The summed E-state index contributed by atoms with van der Waals surface area (Å²) in [6.07, 6.45) is 2.40. The lowest BCUT2D eigenvalue weighted by atomic mass is 10.0. The second-order valence-electron chi connectivity index (χ2n) is 3.92. The lowest BCUT2D eigenvalue weighted by molar-refractivity contribution is -0.122. The Morgan fingerprint density at radius 3 is 2.73 bits per heavy atom. The van der Waals surface area contributed by atoms with Gasteiger partial charge in [-0.05, 0) is 37.2 Å². The lowest BCUT2D eigenvalue weighted by Gasteiger charge is -2.22. The maximum atomic E-state index is 11.5. The number of carbonyl (C=O) groups is 1. The Balaban J connectivity index is 2.23. The number of hydrogen-bond donors (Lipinski definition) is 2. The van der Waals surface area contributed by atoms with Crippen LogP contribution in [0.3, 0.4) is 0 Å². The van der Waals surface area contributed by atoms with Crippen molar-refractivity contribution in [1.29, 1.82) is 0 Å². The molecule has 1 saturated heterocycles. The van der Waals surface area contributed by atoms with Crippen molar-refractivity contribution >= 4 is 34.9 Å². The summed E-state index contributed by atoms with van der Waals surface area (Å²) in [7, 11) is 0. The summed E-state index contributed by atoms with van der Waals surface area (Å²) in [5, 5.41) is 2.92. The van der Waals surface area contributed by atoms with Gasteiger partial charge in [-0.2, -0.15) is 11.8 Å². The van der Waals surface area contributed by atoms with E-state index in [4.69, 9.17) is 18.0 Å². The van der Waals surface area contributed by atoms with E-state index in [-0.39, 0.29) is 16.8 Å². The smallest absolute Gasteiger partial charge is 0.229 e. The standard InChI is InChI=1S/C10H18N2OS2/c1-7(9(11)14)10(13)12-6-8-2-4-15-5-3-8/h7-8H,2-6H2,1H3,(H2,11,14)(H,12,13). The van der Waals surface area contributed by atoms with Crippen LogP contribution in [0.1, 0.15) is 19.8 Å². The fourth-order valence-corrected chi connectivity index (χ4v) is 2.79. The Kier molecular flexibility index (Phi) is 5.39. The van der Waals surface area contributed by atoms with E-state index in [9.17, 15) is 4.79 Å². The van der Waals surface area contributed by atoms with Crippen LogP contribution in [0.2, 0.25) is 0 Å². The Hall–Kier alpha value is -0.290. The lowest BCUT2D eigenvalue weighted by Crippen LogP contribution is -2.39. The van der Waals surface area contributed by atoms with Crippen molar-refractivity contribution in [3.8, 4) is 0 Å². The molecule has 86 valence electrons. The van der Waals surface area contributed by atoms with E-state index >= 15 is 0 Å². The molecule has 0 aliphatic carbocycles. The number of thiocarbonyl (C=S) groups is 1. The number of rotatable bonds is 4. The molecule has 0 spiro atoms. The van der Waals surface area contributed by atoms with Crippen molar-refractivity contribution in [2.24, 2.45) is 17.6 Å². The minimum atomic E-state index is -0.349. The van der Waals surface area contributed by atoms with E-state index in [0.29, 0.717) is 5.92 Å². The van der Waals surface area contributed by atoms with Crippen LogP contribution in [0.5, 0.6) is 0 Å². The zero-order valence-electron chi connectivity index (χ0n) is 8.99. The van der Waals surface area contributed by atoms with E-state index < -0.39 is 0 Å². The summed E-state index contributed by atoms with van der Waals surface area (Å²) in [6, 6.07) is 0. The average molecular weight is 246 g/mol. The van der Waals surface area contributed by atoms with E-state index in [1.165, 1.54) is 24.3 Å². The molecule has 1 amide bonds. The van der Waals surface area contributed by atoms with E-state index in [1.54, 1.807) is 6.92 Å². The third kappa shape index (κ3) is 4.38. The molecule has 0 aromatic carbocycles. The van der Waals surface area contributed by atoms with Crippen LogP contribution in [0, 0.1) is 11.8 Å². The first-order valence-corrected chi connectivity index (χ1v) is 6.82. The van der Waals surface area contributed by atoms with Gasteiger partial charge in [0.15, 0.2) is 0 Å². The molecule has 1 aliphatic rings. The van der Waals surface area contributed by atoms with Crippen LogP contribution in [0.15, 0.2) is 0 Å². The first-order valence-electron chi connectivity index (χ1n) is 5.26. The van der Waals surface area contributed by atoms with Gasteiger partial charge in [0.05, 0.1) is 10.9 Å². The third-order valence-electron chi connectivity index (χ3n) is 2.73. The van der Waals surface area contributed by atoms with E-state index in [1.807, 2.05) is 11.8 Å². The van der Waals surface area contributed by atoms with Gasteiger partial charge >= 0.3 is 0 Å². The zero-order chi connectivity index (χ0) is 11.3. The van der Waals surface area contributed by atoms with Crippen molar-refractivity contribution in [2.45, 2.75) is 19.8 Å². The maximum Gasteiger partial charge on any atom is 0.229 e. The Morgan fingerprint density at radius 1 is 1.60 bits per heavy atom. The highest BCUT2D eigenvalue weighted by molar-refractivity contribution is 7.99. The molecule has 1 unspecified atom stereocenters. The molecule has 1 atom stereocenters. The highest BCUT2D eigenvalue weighted by Gasteiger charge is 2.18. The minimum Gasteiger partial charge on any atom is -0.393 e. The number of thioether (sulfide) groups is 1. The number of carbonyl (C=O) groups excluding carboxylic acids is 1. The molecule has 3 nitrogen and oxygen atoms in total. The quantitative estimate of drug-likeness (QED) is 0.731. The van der Waals surface area contributed by atoms with Crippen LogP contribution in [0.25, 0.3) is 0 Å². The van der Waals surface area contributed by atoms with E-state index in [2.05, 4.69) is 5.32 Å². The molecule has 0 radical (unpaired) electrons. The van der Waals surface area contributed by atoms with Gasteiger partial charge in [-0.25, -0.2) is 0 Å². The fraction of sp³-hybridized carbons (Fsp3) is 0.800. The van der Waals surface area contributed by atoms with Gasteiger partial charge in [0.2, 0.25) is 5.91 Å². The molecule has 3 N–H and O–H groups in total. The molecule has 0 bridgehead atoms. The zero-order valence-corrected chi connectivity index (χ0v) is 10.6. The topological polar surface area (TPSA) is 55.1 Å². The second kappa shape index (κ2) is 6.33. The fourth-order valence-electron chi connectivity index (χ4n) is 1.48. The van der Waals surface area contributed by atoms with Crippen LogP contribution in [0.4, 0.5) is 0 Å². The van der Waals surface area contributed by atoms with Gasteiger partial charge in [-0.1, -0.05) is 12.2 Å². The molecule has 1 aliphatic heterocycles. The van der Waals surface area contributed by atoms with Gasteiger partial charge in [0.25, 0.3) is 0 Å². The molecule has 1 fully saturated rings. The van der Waals surface area contributed by atoms with Gasteiger partial charge < -0.3 is 11.1 Å². The number of nitrogens with one attached hydrogen (secondary N) is 1. The SMILES string of the molecule is CC(C(=O)NCC1CCSCC1)C(N)=S. The molecule has 0 aromatic rings. The Bertz CT molecular complexity index is 240. The van der Waals surface area contributed by atoms with Gasteiger partial charge in [-0.3, -0.25) is 4.79 Å². The van der Waals surface area contributed by atoms with E-state index in [0.717, 1.165) is 6.54 Å². The largest absolute Gasteiger partial charge is 0.393 e. The maximum absolute atomic E-state index is 11.5. The Morgan fingerprint density at radius 2 is 2.20 bits per heavy atom. The highest BCUT2D eigenvalue weighted by Crippen LogP contribution is 2.21. The summed E-state index contributed by atoms with van der Waals surface area (Å²) in [5.41, 5.74) is 5.41. The molecular weight excluding hydrogens is 228 g/mol. The summed E-state index contributed by atoms with van der Waals surface area (Å²) in [5.74, 6) is 2.67. The Labute approximate surface area is 101 Å². The molecule has 1 rings (SSSR count). The van der Waals surface area contributed by atoms with Crippen LogP contribution < -0.4 is 11.1 Å². The van der Waals surface area contributed by atoms with Crippen molar-refractivity contribution in [2.75, 3.05) is 18.1 Å². The summed E-state index contributed by atoms with van der Waals surface area (Å²) >= 11 is 6.77. The predicted molar refractivity (Wildman–Crippen MR) is 69.0 cm³/mol. The van der Waals surface area contributed by atoms with Crippen molar-refractivity contribution < 1.29 is 4.79 Å². The summed E-state index contributed by atoms with van der Waals surface area (Å²) in [4.78, 5) is 11.8.